The van der Waals surface area contributed by atoms with E-state index >= 15 is 0 Å². The lowest BCUT2D eigenvalue weighted by molar-refractivity contribution is 0.939. The second-order valence-corrected chi connectivity index (χ2v) is 4.85. The maximum Gasteiger partial charge on any atom is 0.0928 e. The first kappa shape index (κ1) is 9.87. The second-order valence-electron chi connectivity index (χ2n) is 3.02. The average Bonchev–Trinajstić information content (AvgIpc) is 2.69. The van der Waals surface area contributed by atoms with Crippen molar-refractivity contribution in [1.82, 2.24) is 4.98 Å². The van der Waals surface area contributed by atoms with Crippen LogP contribution < -0.4 is 0 Å². The van der Waals surface area contributed by atoms with Crippen molar-refractivity contribution in [2.75, 3.05) is 0 Å². The molecule has 2 aromatic rings. The first-order valence-electron chi connectivity index (χ1n) is 4.48. The van der Waals surface area contributed by atoms with Crippen LogP contribution in [0.25, 0.3) is 0 Å². The van der Waals surface area contributed by atoms with E-state index < -0.39 is 0 Å². The molecule has 0 bridgehead atoms. The Bertz CT molecular complexity index is 397. The highest BCUT2D eigenvalue weighted by Gasteiger charge is 2.00. The van der Waals surface area contributed by atoms with Crippen molar-refractivity contribution >= 4 is 27.3 Å². The Hall–Kier alpha value is -0.670. The molecule has 0 aliphatic carbocycles. The van der Waals surface area contributed by atoms with Crippen LogP contribution in [0.2, 0.25) is 0 Å². The lowest BCUT2D eigenvalue weighted by Crippen LogP contribution is -1.91. The van der Waals surface area contributed by atoms with E-state index in [2.05, 4.69) is 39.1 Å². The van der Waals surface area contributed by atoms with Gasteiger partial charge in [0.25, 0.3) is 0 Å². The van der Waals surface area contributed by atoms with Gasteiger partial charge in [0.15, 0.2) is 0 Å². The Morgan fingerprint density at radius 3 is 2.79 bits per heavy atom. The molecule has 0 atom stereocenters. The van der Waals surface area contributed by atoms with E-state index in [4.69, 9.17) is 0 Å². The molecule has 1 nitrogen and oxygen atoms in total. The molecule has 0 aliphatic rings. The number of hydrogen-bond donors (Lipinski definition) is 0. The van der Waals surface area contributed by atoms with E-state index in [-0.39, 0.29) is 0 Å². The zero-order valence-electron chi connectivity index (χ0n) is 7.61. The van der Waals surface area contributed by atoms with Gasteiger partial charge in [0.2, 0.25) is 0 Å². The fourth-order valence-electron chi connectivity index (χ4n) is 1.32. The van der Waals surface area contributed by atoms with E-state index in [9.17, 15) is 0 Å². The summed E-state index contributed by atoms with van der Waals surface area (Å²) in [4.78, 5) is 4.26. The molecule has 72 valence electrons. The van der Waals surface area contributed by atoms with Crippen molar-refractivity contribution in [3.05, 3.63) is 50.9 Å². The molecular weight excluding hydrogens is 258 g/mol. The van der Waals surface area contributed by atoms with Gasteiger partial charge >= 0.3 is 0 Å². The molecule has 3 heteroatoms. The third-order valence-electron chi connectivity index (χ3n) is 2.05. The number of benzene rings is 1. The topological polar surface area (TPSA) is 12.9 Å². The molecule has 0 radical (unpaired) electrons. The van der Waals surface area contributed by atoms with Crippen LogP contribution in [0.3, 0.4) is 0 Å². The summed E-state index contributed by atoms with van der Waals surface area (Å²) in [7, 11) is 0. The van der Waals surface area contributed by atoms with Crippen LogP contribution in [0.1, 0.15) is 10.6 Å². The van der Waals surface area contributed by atoms with Crippen LogP contribution >= 0.6 is 27.3 Å². The van der Waals surface area contributed by atoms with E-state index in [0.29, 0.717) is 0 Å². The normalized spacial score (nSPS) is 10.4. The number of thiazole rings is 1. The van der Waals surface area contributed by atoms with Crippen LogP contribution in [0.15, 0.2) is 40.3 Å². The summed E-state index contributed by atoms with van der Waals surface area (Å²) in [5, 5.41) is 3.23. The Labute approximate surface area is 95.9 Å². The zero-order chi connectivity index (χ0) is 9.80. The summed E-state index contributed by atoms with van der Waals surface area (Å²) in [5.41, 5.74) is 1.35. The number of hydrogen-bond acceptors (Lipinski definition) is 2. The Balaban J connectivity index is 2.02. The first-order valence-corrected chi connectivity index (χ1v) is 6.15. The van der Waals surface area contributed by atoms with Crippen LogP contribution in [-0.4, -0.2) is 4.98 Å². The van der Waals surface area contributed by atoms with Crippen molar-refractivity contribution in [1.29, 1.82) is 0 Å². The minimum atomic E-state index is 1.03. The molecule has 14 heavy (non-hydrogen) atoms. The summed E-state index contributed by atoms with van der Waals surface area (Å²) in [5.74, 6) is 0. The van der Waals surface area contributed by atoms with Crippen molar-refractivity contribution in [3.8, 4) is 0 Å². The molecule has 1 aromatic carbocycles. The molecule has 0 spiro atoms. The predicted octanol–water partition coefficient (Wildman–Crippen LogP) is 3.69. The van der Waals surface area contributed by atoms with Crippen molar-refractivity contribution in [3.63, 3.8) is 0 Å². The van der Waals surface area contributed by atoms with Crippen LogP contribution in [0.4, 0.5) is 0 Å². The van der Waals surface area contributed by atoms with Crippen LogP contribution in [0.5, 0.6) is 0 Å². The largest absolute Gasteiger partial charge is 0.250 e. The van der Waals surface area contributed by atoms with Crippen molar-refractivity contribution < 1.29 is 0 Å². The van der Waals surface area contributed by atoms with Crippen molar-refractivity contribution in [2.24, 2.45) is 0 Å². The van der Waals surface area contributed by atoms with Crippen LogP contribution in [-0.2, 0) is 12.8 Å². The SMILES string of the molecule is Brc1ccccc1CCc1nccs1. The van der Waals surface area contributed by atoms with Gasteiger partial charge in [-0.1, -0.05) is 34.1 Å². The van der Waals surface area contributed by atoms with Gasteiger partial charge in [-0.25, -0.2) is 4.98 Å². The third-order valence-corrected chi connectivity index (χ3v) is 3.66. The van der Waals surface area contributed by atoms with Gasteiger partial charge in [0.05, 0.1) is 5.01 Å². The quantitative estimate of drug-likeness (QED) is 0.827. The van der Waals surface area contributed by atoms with E-state index in [0.717, 1.165) is 12.8 Å². The van der Waals surface area contributed by atoms with Gasteiger partial charge in [0, 0.05) is 22.5 Å². The third kappa shape index (κ3) is 2.42. The van der Waals surface area contributed by atoms with Gasteiger partial charge in [-0.15, -0.1) is 11.3 Å². The number of aromatic nitrogens is 1. The number of nitrogens with zero attached hydrogens (tertiary/aromatic N) is 1. The van der Waals surface area contributed by atoms with Gasteiger partial charge in [-0.2, -0.15) is 0 Å². The summed E-state index contributed by atoms with van der Waals surface area (Å²) in [6.07, 6.45) is 3.94. The second kappa shape index (κ2) is 4.71. The molecule has 1 heterocycles. The minimum Gasteiger partial charge on any atom is -0.250 e. The van der Waals surface area contributed by atoms with Crippen LogP contribution in [0, 0.1) is 0 Å². The molecule has 2 rings (SSSR count). The molecule has 0 fully saturated rings. The fourth-order valence-corrected chi connectivity index (χ4v) is 2.42. The molecule has 0 amide bonds. The molecule has 0 saturated carbocycles. The van der Waals surface area contributed by atoms with E-state index in [1.165, 1.54) is 15.0 Å². The Morgan fingerprint density at radius 2 is 2.07 bits per heavy atom. The van der Waals surface area contributed by atoms with Gasteiger partial charge < -0.3 is 0 Å². The maximum atomic E-state index is 4.26. The molecule has 0 aliphatic heterocycles. The standard InChI is InChI=1S/C11H10BrNS/c12-10-4-2-1-3-9(10)5-6-11-13-7-8-14-11/h1-4,7-8H,5-6H2. The highest BCUT2D eigenvalue weighted by Crippen LogP contribution is 2.18. The smallest absolute Gasteiger partial charge is 0.0928 e. The monoisotopic (exact) mass is 267 g/mol. The first-order chi connectivity index (χ1) is 6.86. The lowest BCUT2D eigenvalue weighted by atomic mass is 10.1. The molecule has 0 N–H and O–H groups in total. The Kier molecular flexibility index (Phi) is 3.32. The van der Waals surface area contributed by atoms with Gasteiger partial charge in [0.1, 0.15) is 0 Å². The summed E-state index contributed by atoms with van der Waals surface area (Å²) in [6, 6.07) is 8.34. The van der Waals surface area contributed by atoms with E-state index in [1.54, 1.807) is 11.3 Å². The Morgan fingerprint density at radius 1 is 1.21 bits per heavy atom. The van der Waals surface area contributed by atoms with Gasteiger partial charge in [-0.3, -0.25) is 0 Å². The van der Waals surface area contributed by atoms with E-state index in [1.807, 2.05) is 17.6 Å². The lowest BCUT2D eigenvalue weighted by Gasteiger charge is -2.01. The summed E-state index contributed by atoms with van der Waals surface area (Å²) < 4.78 is 1.19. The highest BCUT2D eigenvalue weighted by atomic mass is 79.9. The zero-order valence-corrected chi connectivity index (χ0v) is 10.0. The summed E-state index contributed by atoms with van der Waals surface area (Å²) >= 11 is 5.27. The average molecular weight is 268 g/mol. The summed E-state index contributed by atoms with van der Waals surface area (Å²) in [6.45, 7) is 0. The number of halogens is 1. The molecular formula is C11H10BrNS. The number of rotatable bonds is 3. The van der Waals surface area contributed by atoms with Gasteiger partial charge in [-0.05, 0) is 18.1 Å². The number of aryl methyl sites for hydroxylation is 2. The molecule has 0 unspecified atom stereocenters. The highest BCUT2D eigenvalue weighted by molar-refractivity contribution is 9.10. The minimum absolute atomic E-state index is 1.03. The van der Waals surface area contributed by atoms with Crippen molar-refractivity contribution in [2.45, 2.75) is 12.8 Å². The maximum absolute atomic E-state index is 4.26. The predicted molar refractivity (Wildman–Crippen MR) is 63.7 cm³/mol. The molecule has 0 saturated heterocycles. The molecule has 1 aromatic heterocycles. The fraction of sp³-hybridized carbons (Fsp3) is 0.182.